The summed E-state index contributed by atoms with van der Waals surface area (Å²) in [4.78, 5) is 22.1. The summed E-state index contributed by atoms with van der Waals surface area (Å²) in [7, 11) is 0. The van der Waals surface area contributed by atoms with Crippen molar-refractivity contribution >= 4 is 50.9 Å². The summed E-state index contributed by atoms with van der Waals surface area (Å²) in [6, 6.07) is 9.00. The monoisotopic (exact) mass is 457 g/mol. The summed E-state index contributed by atoms with van der Waals surface area (Å²) in [6.07, 6.45) is 2.66. The number of hydrogen-bond acceptors (Lipinski definition) is 8. The van der Waals surface area contributed by atoms with E-state index in [2.05, 4.69) is 20.4 Å². The van der Waals surface area contributed by atoms with Crippen LogP contribution in [0.25, 0.3) is 22.2 Å². The van der Waals surface area contributed by atoms with Gasteiger partial charge in [0.1, 0.15) is 5.60 Å². The van der Waals surface area contributed by atoms with Gasteiger partial charge in [0, 0.05) is 23.3 Å². The number of thiazole rings is 1. The molecule has 0 aliphatic rings. The summed E-state index contributed by atoms with van der Waals surface area (Å²) < 4.78 is 6.72. The number of benzene rings is 1. The summed E-state index contributed by atoms with van der Waals surface area (Å²) >= 11 is 7.62. The number of hydrogen-bond donors (Lipinski definition) is 2. The van der Waals surface area contributed by atoms with Gasteiger partial charge in [-0.2, -0.15) is 4.68 Å². The number of nitrogens with zero attached hydrogens (tertiary/aromatic N) is 4. The molecule has 2 N–H and O–H groups in total. The van der Waals surface area contributed by atoms with Gasteiger partial charge in [-0.1, -0.05) is 29.0 Å². The molecule has 0 saturated carbocycles. The van der Waals surface area contributed by atoms with Crippen LogP contribution in [0.15, 0.2) is 42.7 Å². The number of pyridine rings is 1. The predicted octanol–water partition coefficient (Wildman–Crippen LogP) is 5.23. The zero-order valence-corrected chi connectivity index (χ0v) is 18.7. The molecule has 3 aromatic heterocycles. The number of ether oxygens (including phenoxy) is 1. The minimum atomic E-state index is -0.671. The summed E-state index contributed by atoms with van der Waals surface area (Å²) in [5, 5.41) is 18.6. The van der Waals surface area contributed by atoms with E-state index in [1.165, 1.54) is 16.0 Å². The lowest BCUT2D eigenvalue weighted by Crippen LogP contribution is -2.27. The average Bonchev–Trinajstić information content (AvgIpc) is 3.32. The Bertz CT molecular complexity index is 1260. The number of carbonyl (C=O) groups excluding carboxylic acids is 1. The molecule has 1 aromatic carbocycles. The highest BCUT2D eigenvalue weighted by Gasteiger charge is 2.23. The van der Waals surface area contributed by atoms with Crippen molar-refractivity contribution in [2.24, 2.45) is 0 Å². The number of fused-ring (bicyclic) bond motifs is 1. The summed E-state index contributed by atoms with van der Waals surface area (Å²) in [5.74, 6) is 0.425. The molecule has 0 saturated heterocycles. The Morgan fingerprint density at radius 3 is 2.77 bits per heavy atom. The van der Waals surface area contributed by atoms with Gasteiger partial charge in [-0.05, 0) is 45.0 Å². The van der Waals surface area contributed by atoms with Gasteiger partial charge in [0.15, 0.2) is 10.9 Å². The van der Waals surface area contributed by atoms with Crippen molar-refractivity contribution in [3.8, 4) is 11.3 Å². The van der Waals surface area contributed by atoms with Crippen molar-refractivity contribution in [1.29, 1.82) is 0 Å². The maximum Gasteiger partial charge on any atom is 0.435 e. The fraction of sp³-hybridized carbons (Fsp3) is 0.238. The number of anilines is 2. The standard InChI is InChI=1S/C21H20ClN5O3S/c1-21(2,3)30-20(29)27-16-7-6-12(17-15(22)5-4-8-23-17)9-14(16)18(26-27)25-19-24-10-13(11-28)31-19/h4-10,28H,11H2,1-3H3,(H,24,25,26). The number of aromatic nitrogens is 4. The first kappa shape index (κ1) is 21.2. The van der Waals surface area contributed by atoms with Crippen molar-refractivity contribution in [3.63, 3.8) is 0 Å². The molecule has 0 fully saturated rings. The third kappa shape index (κ3) is 4.53. The van der Waals surface area contributed by atoms with Gasteiger partial charge >= 0.3 is 6.09 Å². The van der Waals surface area contributed by atoms with E-state index in [9.17, 15) is 9.90 Å². The molecular weight excluding hydrogens is 438 g/mol. The van der Waals surface area contributed by atoms with Gasteiger partial charge in [0.2, 0.25) is 0 Å². The molecule has 3 heterocycles. The fourth-order valence-electron chi connectivity index (χ4n) is 2.94. The maximum absolute atomic E-state index is 12.8. The lowest BCUT2D eigenvalue weighted by atomic mass is 10.1. The highest BCUT2D eigenvalue weighted by Crippen LogP contribution is 2.33. The Morgan fingerprint density at radius 1 is 1.29 bits per heavy atom. The van der Waals surface area contributed by atoms with Crippen molar-refractivity contribution in [2.75, 3.05) is 5.32 Å². The quantitative estimate of drug-likeness (QED) is 0.432. The van der Waals surface area contributed by atoms with E-state index in [-0.39, 0.29) is 6.61 Å². The Hall–Kier alpha value is -3.01. The lowest BCUT2D eigenvalue weighted by molar-refractivity contribution is 0.0523. The Balaban J connectivity index is 1.83. The second-order valence-electron chi connectivity index (χ2n) is 7.72. The third-order valence-corrected chi connectivity index (χ3v) is 5.42. The molecule has 8 nitrogen and oxygen atoms in total. The molecule has 0 spiro atoms. The molecule has 0 atom stereocenters. The first-order chi connectivity index (χ1) is 14.7. The highest BCUT2D eigenvalue weighted by atomic mass is 35.5. The van der Waals surface area contributed by atoms with E-state index < -0.39 is 11.7 Å². The van der Waals surface area contributed by atoms with E-state index in [1.807, 2.05) is 12.1 Å². The second-order valence-corrected chi connectivity index (χ2v) is 9.24. The van der Waals surface area contributed by atoms with Crippen LogP contribution in [-0.4, -0.2) is 36.5 Å². The van der Waals surface area contributed by atoms with E-state index in [0.717, 1.165) is 5.56 Å². The average molecular weight is 458 g/mol. The zero-order valence-electron chi connectivity index (χ0n) is 17.1. The van der Waals surface area contributed by atoms with Gasteiger partial charge in [0.05, 0.1) is 27.7 Å². The summed E-state index contributed by atoms with van der Waals surface area (Å²) in [5.41, 5.74) is 1.29. The first-order valence-electron chi connectivity index (χ1n) is 9.45. The van der Waals surface area contributed by atoms with Crippen molar-refractivity contribution in [1.82, 2.24) is 19.7 Å². The lowest BCUT2D eigenvalue weighted by Gasteiger charge is -2.19. The number of aliphatic hydroxyl groups excluding tert-OH is 1. The molecule has 0 unspecified atom stereocenters. The van der Waals surface area contributed by atoms with E-state index >= 15 is 0 Å². The van der Waals surface area contributed by atoms with Crippen LogP contribution >= 0.6 is 22.9 Å². The van der Waals surface area contributed by atoms with Gasteiger partial charge in [-0.15, -0.1) is 5.10 Å². The number of carbonyl (C=O) groups is 1. The molecule has 160 valence electrons. The van der Waals surface area contributed by atoms with Gasteiger partial charge in [0.25, 0.3) is 0 Å². The maximum atomic E-state index is 12.8. The molecule has 4 rings (SSSR count). The number of nitrogens with one attached hydrogen (secondary N) is 1. The highest BCUT2D eigenvalue weighted by molar-refractivity contribution is 7.15. The molecule has 4 aromatic rings. The van der Waals surface area contributed by atoms with Crippen LogP contribution in [0, 0.1) is 0 Å². The van der Waals surface area contributed by atoms with Gasteiger partial charge in [-0.25, -0.2) is 9.78 Å². The molecule has 0 aliphatic heterocycles. The van der Waals surface area contributed by atoms with Crippen LogP contribution in [0.4, 0.5) is 15.7 Å². The molecule has 31 heavy (non-hydrogen) atoms. The van der Waals surface area contributed by atoms with E-state index in [4.69, 9.17) is 16.3 Å². The van der Waals surface area contributed by atoms with Crippen LogP contribution < -0.4 is 5.32 Å². The summed E-state index contributed by atoms with van der Waals surface area (Å²) in [6.45, 7) is 5.28. The molecular formula is C21H20ClN5O3S. The van der Waals surface area contributed by atoms with Crippen LogP contribution in [0.5, 0.6) is 0 Å². The van der Waals surface area contributed by atoms with E-state index in [1.54, 1.807) is 51.4 Å². The normalized spacial score (nSPS) is 11.6. The number of aliphatic hydroxyl groups is 1. The smallest absolute Gasteiger partial charge is 0.435 e. The van der Waals surface area contributed by atoms with Crippen LogP contribution in [-0.2, 0) is 11.3 Å². The first-order valence-corrected chi connectivity index (χ1v) is 10.6. The fourth-order valence-corrected chi connectivity index (χ4v) is 3.84. The molecule has 0 radical (unpaired) electrons. The Morgan fingerprint density at radius 2 is 2.10 bits per heavy atom. The second kappa shape index (κ2) is 8.26. The molecule has 0 aliphatic carbocycles. The topological polar surface area (TPSA) is 102 Å². The zero-order chi connectivity index (χ0) is 22.2. The van der Waals surface area contributed by atoms with E-state index in [0.29, 0.717) is 37.4 Å². The van der Waals surface area contributed by atoms with Crippen molar-refractivity contribution < 1.29 is 14.6 Å². The van der Waals surface area contributed by atoms with Crippen LogP contribution in [0.1, 0.15) is 25.6 Å². The number of halogens is 1. The largest absolute Gasteiger partial charge is 0.442 e. The van der Waals surface area contributed by atoms with Gasteiger partial charge in [-0.3, -0.25) is 4.98 Å². The minimum Gasteiger partial charge on any atom is -0.442 e. The molecule has 0 amide bonds. The van der Waals surface area contributed by atoms with Gasteiger partial charge < -0.3 is 15.2 Å². The molecule has 0 bridgehead atoms. The Kier molecular flexibility index (Phi) is 5.65. The SMILES string of the molecule is CC(C)(C)OC(=O)n1nc(Nc2ncc(CO)s2)c2cc(-c3ncccc3Cl)ccc21. The van der Waals surface area contributed by atoms with Crippen molar-refractivity contribution in [2.45, 2.75) is 33.0 Å². The van der Waals surface area contributed by atoms with Crippen molar-refractivity contribution in [3.05, 3.63) is 52.6 Å². The predicted molar refractivity (Wildman–Crippen MR) is 121 cm³/mol. The number of rotatable bonds is 4. The van der Waals surface area contributed by atoms with Crippen LogP contribution in [0.2, 0.25) is 5.02 Å². The molecule has 10 heteroatoms. The Labute approximate surface area is 187 Å². The van der Waals surface area contributed by atoms with Crippen LogP contribution in [0.3, 0.4) is 0 Å². The minimum absolute atomic E-state index is 0.102. The third-order valence-electron chi connectivity index (χ3n) is 4.21.